The molecule has 141 valence electrons. The number of ketones is 1. The molecule has 2 N–H and O–H groups in total. The number of aliphatic hydroxyl groups excluding tert-OH is 1. The maximum absolute atomic E-state index is 12.0. The summed E-state index contributed by atoms with van der Waals surface area (Å²) in [4.78, 5) is 23.9. The van der Waals surface area contributed by atoms with Gasteiger partial charge in [0.15, 0.2) is 5.78 Å². The fourth-order valence-corrected chi connectivity index (χ4v) is 2.00. The first-order chi connectivity index (χ1) is 11.8. The van der Waals surface area contributed by atoms with E-state index in [1.54, 1.807) is 19.9 Å². The molecule has 0 bridgehead atoms. The van der Waals surface area contributed by atoms with Crippen molar-refractivity contribution in [3.8, 4) is 11.5 Å². The van der Waals surface area contributed by atoms with Crippen LogP contribution in [0.3, 0.4) is 0 Å². The van der Waals surface area contributed by atoms with Gasteiger partial charge in [0.2, 0.25) is 0 Å². The summed E-state index contributed by atoms with van der Waals surface area (Å²) in [6, 6.07) is 5.34. The molecule has 6 nitrogen and oxygen atoms in total. The van der Waals surface area contributed by atoms with E-state index >= 15 is 0 Å². The number of phenols is 1. The van der Waals surface area contributed by atoms with E-state index in [1.165, 1.54) is 25.3 Å². The largest absolute Gasteiger partial charge is 0.551 e. The van der Waals surface area contributed by atoms with Crippen molar-refractivity contribution >= 4 is 11.8 Å². The van der Waals surface area contributed by atoms with Crippen molar-refractivity contribution in [2.45, 2.75) is 38.9 Å². The number of carbonyl (C=O) groups is 2. The molecule has 3 atom stereocenters. The number of esters is 1. The number of ether oxygens (including phenoxy) is 2. The first-order valence-electron chi connectivity index (χ1n) is 7.97. The zero-order chi connectivity index (χ0) is 19.0. The van der Waals surface area contributed by atoms with E-state index in [9.17, 15) is 19.8 Å². The third kappa shape index (κ3) is 7.56. The predicted molar refractivity (Wildman–Crippen MR) is 92.3 cm³/mol. The molecule has 0 aromatic heterocycles. The number of allylic oxidation sites excluding steroid dienone is 1. The van der Waals surface area contributed by atoms with Crippen molar-refractivity contribution < 1.29 is 62.0 Å². The van der Waals surface area contributed by atoms with Gasteiger partial charge >= 0.3 is 0 Å². The molecular weight excluding hydrogens is 413 g/mol. The van der Waals surface area contributed by atoms with Crippen molar-refractivity contribution in [1.29, 1.82) is 0 Å². The van der Waals surface area contributed by atoms with Crippen molar-refractivity contribution in [1.82, 2.24) is 0 Å². The number of aliphatic hydroxyl groups is 1. The summed E-state index contributed by atoms with van der Waals surface area (Å²) in [6.45, 7) is 6.86. The second-order valence-corrected chi connectivity index (χ2v) is 5.70. The van der Waals surface area contributed by atoms with Gasteiger partial charge in [-0.3, -0.25) is 4.79 Å². The van der Waals surface area contributed by atoms with Crippen LogP contribution in [-0.2, 0) is 42.2 Å². The Kier molecular flexibility index (Phi) is 11.6. The van der Waals surface area contributed by atoms with Crippen LogP contribution in [0.5, 0.6) is 11.5 Å². The summed E-state index contributed by atoms with van der Waals surface area (Å²) in [5.41, 5.74) is -0.0834. The average Bonchev–Trinajstić information content (AvgIpc) is 2.59. The second-order valence-electron chi connectivity index (χ2n) is 5.70. The maximum Gasteiger partial charge on any atom is 0.253 e. The number of phenolic OH excluding ortho intramolecular Hbond substituents is 1. The SMILES string of the molecule is [CH2-]CC(O)C(C)C(=O)/C=C\CC(C)OC(=O)c1[c-]cc(OC)cc1O.[Y]. The number of hydrogen-bond donors (Lipinski definition) is 2. The molecule has 3 unspecified atom stereocenters. The van der Waals surface area contributed by atoms with Gasteiger partial charge in [-0.15, -0.1) is 12.1 Å². The molecular formula is C19H24O6Y-2. The zero-order valence-corrected chi connectivity index (χ0v) is 18.1. The minimum atomic E-state index is -0.777. The van der Waals surface area contributed by atoms with Crippen LogP contribution in [0.1, 0.15) is 37.0 Å². The van der Waals surface area contributed by atoms with E-state index < -0.39 is 24.1 Å². The van der Waals surface area contributed by atoms with Crippen molar-refractivity contribution in [2.24, 2.45) is 5.92 Å². The minimum Gasteiger partial charge on any atom is -0.551 e. The van der Waals surface area contributed by atoms with Gasteiger partial charge in [0.1, 0.15) is 0 Å². The van der Waals surface area contributed by atoms with Gasteiger partial charge in [0, 0.05) is 62.7 Å². The number of benzene rings is 1. The molecule has 7 heteroatoms. The number of carbonyl (C=O) groups excluding carboxylic acids is 2. The summed E-state index contributed by atoms with van der Waals surface area (Å²) in [6.07, 6.45) is 2.26. The molecule has 0 aliphatic rings. The normalized spacial score (nSPS) is 14.2. The van der Waals surface area contributed by atoms with Gasteiger partial charge in [-0.2, -0.15) is 6.42 Å². The molecule has 0 aliphatic heterocycles. The summed E-state index contributed by atoms with van der Waals surface area (Å²) >= 11 is 0. The van der Waals surface area contributed by atoms with Crippen LogP contribution in [0.25, 0.3) is 0 Å². The molecule has 0 aliphatic carbocycles. The van der Waals surface area contributed by atoms with Crippen molar-refractivity contribution in [3.05, 3.63) is 42.8 Å². The Morgan fingerprint density at radius 1 is 1.38 bits per heavy atom. The van der Waals surface area contributed by atoms with Crippen LogP contribution < -0.4 is 4.74 Å². The Morgan fingerprint density at radius 3 is 2.58 bits per heavy atom. The second kappa shape index (κ2) is 12.2. The summed E-state index contributed by atoms with van der Waals surface area (Å²) in [7, 11) is 1.44. The van der Waals surface area contributed by atoms with Gasteiger partial charge in [0.05, 0.1) is 13.2 Å². The maximum atomic E-state index is 12.0. The molecule has 0 amide bonds. The van der Waals surface area contributed by atoms with Crippen LogP contribution >= 0.6 is 0 Å². The van der Waals surface area contributed by atoms with E-state index in [1.807, 2.05) is 0 Å². The van der Waals surface area contributed by atoms with Crippen molar-refractivity contribution in [3.63, 3.8) is 0 Å². The fourth-order valence-electron chi connectivity index (χ4n) is 2.00. The zero-order valence-electron chi connectivity index (χ0n) is 15.3. The first kappa shape index (κ1) is 24.8. The Balaban J connectivity index is 0.00000625. The molecule has 0 saturated carbocycles. The molecule has 1 rings (SSSR count). The number of hydrogen-bond acceptors (Lipinski definition) is 6. The van der Waals surface area contributed by atoms with Gasteiger partial charge in [-0.05, 0) is 18.6 Å². The molecule has 1 radical (unpaired) electrons. The monoisotopic (exact) mass is 437 g/mol. The number of aromatic hydroxyl groups is 1. The van der Waals surface area contributed by atoms with Gasteiger partial charge in [-0.25, -0.2) is 0 Å². The first-order valence-corrected chi connectivity index (χ1v) is 7.97. The Labute approximate surface area is 179 Å². The van der Waals surface area contributed by atoms with Crippen LogP contribution in [0.15, 0.2) is 24.3 Å². The number of rotatable bonds is 9. The van der Waals surface area contributed by atoms with Crippen LogP contribution in [0.4, 0.5) is 0 Å². The Bertz CT molecular complexity index is 628. The molecule has 0 spiro atoms. The third-order valence-corrected chi connectivity index (χ3v) is 3.71. The fraction of sp³-hybridized carbons (Fsp3) is 0.421. The van der Waals surface area contributed by atoms with Gasteiger partial charge in [0.25, 0.3) is 5.97 Å². The predicted octanol–water partition coefficient (Wildman–Crippen LogP) is 2.48. The molecule has 0 fully saturated rings. The van der Waals surface area contributed by atoms with Crippen LogP contribution in [0.2, 0.25) is 0 Å². The summed E-state index contributed by atoms with van der Waals surface area (Å²) < 4.78 is 10.1. The average molecular weight is 437 g/mol. The molecule has 0 heterocycles. The smallest absolute Gasteiger partial charge is 0.253 e. The van der Waals surface area contributed by atoms with Gasteiger partial charge in [-0.1, -0.05) is 19.1 Å². The third-order valence-electron chi connectivity index (χ3n) is 3.71. The van der Waals surface area contributed by atoms with E-state index in [0.717, 1.165) is 0 Å². The molecule has 1 aromatic carbocycles. The van der Waals surface area contributed by atoms with Crippen LogP contribution in [0, 0.1) is 18.9 Å². The van der Waals surface area contributed by atoms with Gasteiger partial charge < -0.3 is 31.4 Å². The standard InChI is InChI=1S/C19H24O6.Y/c1-5-16(20)13(3)17(21)8-6-7-12(2)25-19(23)15-10-9-14(24-4)11-18(15)22;/h6,8-9,11-13,16,20,22H,1,5,7H2,2-4H3;/q-2;/b8-6-;. The van der Waals surface area contributed by atoms with Crippen molar-refractivity contribution in [2.75, 3.05) is 7.11 Å². The number of methoxy groups -OCH3 is 1. The summed E-state index contributed by atoms with van der Waals surface area (Å²) in [5.74, 6) is -1.36. The molecule has 1 aromatic rings. The molecule has 26 heavy (non-hydrogen) atoms. The summed E-state index contributed by atoms with van der Waals surface area (Å²) in [5, 5.41) is 19.4. The minimum absolute atomic E-state index is 0. The Hall–Kier alpha value is -1.24. The van der Waals surface area contributed by atoms with E-state index in [4.69, 9.17) is 9.47 Å². The molecule has 0 saturated heterocycles. The van der Waals surface area contributed by atoms with E-state index in [2.05, 4.69) is 13.0 Å². The van der Waals surface area contributed by atoms with E-state index in [-0.39, 0.29) is 56.2 Å². The quantitative estimate of drug-likeness (QED) is 0.350. The van der Waals surface area contributed by atoms with Crippen LogP contribution in [-0.4, -0.2) is 41.3 Å². The Morgan fingerprint density at radius 2 is 2.04 bits per heavy atom. The van der Waals surface area contributed by atoms with E-state index in [0.29, 0.717) is 12.2 Å². The topological polar surface area (TPSA) is 93.1 Å².